The van der Waals surface area contributed by atoms with Crippen molar-refractivity contribution in [2.45, 2.75) is 45.2 Å². The summed E-state index contributed by atoms with van der Waals surface area (Å²) in [4.78, 5) is 4.57. The summed E-state index contributed by atoms with van der Waals surface area (Å²) in [6.07, 6.45) is 9.20. The van der Waals surface area contributed by atoms with Gasteiger partial charge in [-0.05, 0) is 43.4 Å². The van der Waals surface area contributed by atoms with Crippen molar-refractivity contribution in [1.29, 1.82) is 0 Å². The molecule has 1 aromatic heterocycles. The SMILES string of the molecule is c1nc2c(n1CC(C1CC1)C1CC1)CCNC2. The molecular formula is C14H21N3. The van der Waals surface area contributed by atoms with Gasteiger partial charge in [0.05, 0.1) is 12.0 Å². The van der Waals surface area contributed by atoms with E-state index >= 15 is 0 Å². The van der Waals surface area contributed by atoms with Crippen LogP contribution in [0.2, 0.25) is 0 Å². The zero-order chi connectivity index (χ0) is 11.2. The van der Waals surface area contributed by atoms with E-state index in [0.29, 0.717) is 0 Å². The maximum absolute atomic E-state index is 4.57. The molecule has 0 atom stereocenters. The van der Waals surface area contributed by atoms with Gasteiger partial charge in [-0.25, -0.2) is 4.98 Å². The molecule has 4 rings (SSSR count). The Kier molecular flexibility index (Phi) is 2.29. The lowest BCUT2D eigenvalue weighted by Gasteiger charge is -2.20. The molecule has 0 amide bonds. The average Bonchev–Trinajstić information content (AvgIpc) is 3.25. The average molecular weight is 231 g/mol. The lowest BCUT2D eigenvalue weighted by molar-refractivity contribution is 0.343. The standard InChI is InChI=1S/C14H21N3/c1-2-10(1)12(11-3-4-11)8-17-9-16-13-7-15-6-5-14(13)17/h9-12,15H,1-8H2. The highest BCUT2D eigenvalue weighted by Crippen LogP contribution is 2.50. The number of hydrogen-bond acceptors (Lipinski definition) is 2. The van der Waals surface area contributed by atoms with E-state index < -0.39 is 0 Å². The van der Waals surface area contributed by atoms with Crippen molar-refractivity contribution in [3.05, 3.63) is 17.7 Å². The largest absolute Gasteiger partial charge is 0.334 e. The second-order valence-corrected chi connectivity index (χ2v) is 6.06. The molecule has 1 aliphatic heterocycles. The first-order chi connectivity index (χ1) is 8.42. The topological polar surface area (TPSA) is 29.9 Å². The lowest BCUT2D eigenvalue weighted by atomic mass is 9.97. The maximum Gasteiger partial charge on any atom is 0.0952 e. The second-order valence-electron chi connectivity index (χ2n) is 6.06. The van der Waals surface area contributed by atoms with Crippen molar-refractivity contribution in [3.63, 3.8) is 0 Å². The van der Waals surface area contributed by atoms with Crippen molar-refractivity contribution in [1.82, 2.24) is 14.9 Å². The summed E-state index contributed by atoms with van der Waals surface area (Å²) < 4.78 is 2.47. The zero-order valence-corrected chi connectivity index (χ0v) is 10.4. The van der Waals surface area contributed by atoms with E-state index in [0.717, 1.165) is 37.3 Å². The van der Waals surface area contributed by atoms with E-state index in [2.05, 4.69) is 21.2 Å². The van der Waals surface area contributed by atoms with E-state index in [1.165, 1.54) is 43.6 Å². The van der Waals surface area contributed by atoms with Gasteiger partial charge in [0.1, 0.15) is 0 Å². The highest BCUT2D eigenvalue weighted by atomic mass is 15.1. The Labute approximate surface area is 103 Å². The summed E-state index contributed by atoms with van der Waals surface area (Å²) in [6, 6.07) is 0. The summed E-state index contributed by atoms with van der Waals surface area (Å²) in [5.74, 6) is 3.05. The molecule has 3 aliphatic rings. The number of hydrogen-bond donors (Lipinski definition) is 1. The third kappa shape index (κ3) is 1.90. The summed E-state index contributed by atoms with van der Waals surface area (Å²) in [5.41, 5.74) is 2.80. The monoisotopic (exact) mass is 231 g/mol. The molecule has 2 saturated carbocycles. The fraction of sp³-hybridized carbons (Fsp3) is 0.786. The minimum absolute atomic E-state index is 0.961. The molecule has 2 heterocycles. The summed E-state index contributed by atoms with van der Waals surface area (Å²) in [5, 5.41) is 3.40. The van der Waals surface area contributed by atoms with Crippen molar-refractivity contribution in [2.75, 3.05) is 6.54 Å². The zero-order valence-electron chi connectivity index (χ0n) is 10.4. The van der Waals surface area contributed by atoms with E-state index in [9.17, 15) is 0 Å². The van der Waals surface area contributed by atoms with Crippen LogP contribution in [0.25, 0.3) is 0 Å². The summed E-state index contributed by atoms with van der Waals surface area (Å²) >= 11 is 0. The third-order valence-electron chi connectivity index (χ3n) is 4.73. The smallest absolute Gasteiger partial charge is 0.0952 e. The predicted octanol–water partition coefficient (Wildman–Crippen LogP) is 1.96. The van der Waals surface area contributed by atoms with Crippen LogP contribution in [0.5, 0.6) is 0 Å². The van der Waals surface area contributed by atoms with Crippen molar-refractivity contribution in [3.8, 4) is 0 Å². The van der Waals surface area contributed by atoms with Gasteiger partial charge in [-0.3, -0.25) is 0 Å². The van der Waals surface area contributed by atoms with E-state index in [4.69, 9.17) is 0 Å². The molecule has 0 radical (unpaired) electrons. The molecule has 92 valence electrons. The van der Waals surface area contributed by atoms with Gasteiger partial charge in [0.25, 0.3) is 0 Å². The summed E-state index contributed by atoms with van der Waals surface area (Å²) in [7, 11) is 0. The van der Waals surface area contributed by atoms with Crippen LogP contribution in [-0.4, -0.2) is 16.1 Å². The highest BCUT2D eigenvalue weighted by Gasteiger charge is 2.41. The molecule has 0 bridgehead atoms. The first kappa shape index (κ1) is 10.1. The molecule has 0 saturated heterocycles. The molecule has 3 nitrogen and oxygen atoms in total. The van der Waals surface area contributed by atoms with Crippen LogP contribution in [0.4, 0.5) is 0 Å². The number of fused-ring (bicyclic) bond motifs is 1. The first-order valence-electron chi connectivity index (χ1n) is 7.15. The van der Waals surface area contributed by atoms with Crippen LogP contribution in [0.1, 0.15) is 37.1 Å². The van der Waals surface area contributed by atoms with E-state index in [1.54, 1.807) is 0 Å². The van der Waals surface area contributed by atoms with Crippen LogP contribution >= 0.6 is 0 Å². The van der Waals surface area contributed by atoms with Crippen molar-refractivity contribution < 1.29 is 0 Å². The van der Waals surface area contributed by atoms with Crippen molar-refractivity contribution >= 4 is 0 Å². The minimum atomic E-state index is 0.961. The summed E-state index contributed by atoms with van der Waals surface area (Å²) in [6.45, 7) is 3.34. The lowest BCUT2D eigenvalue weighted by Crippen LogP contribution is -2.26. The number of rotatable bonds is 4. The molecular weight excluding hydrogens is 210 g/mol. The Morgan fingerprint density at radius 3 is 2.76 bits per heavy atom. The molecule has 0 unspecified atom stereocenters. The van der Waals surface area contributed by atoms with Gasteiger partial charge in [0, 0.05) is 31.7 Å². The van der Waals surface area contributed by atoms with Gasteiger partial charge in [0.15, 0.2) is 0 Å². The van der Waals surface area contributed by atoms with Crippen LogP contribution in [-0.2, 0) is 19.5 Å². The molecule has 17 heavy (non-hydrogen) atoms. The molecule has 2 aliphatic carbocycles. The maximum atomic E-state index is 4.57. The Morgan fingerprint density at radius 1 is 1.29 bits per heavy atom. The van der Waals surface area contributed by atoms with Gasteiger partial charge < -0.3 is 9.88 Å². The number of nitrogens with zero attached hydrogens (tertiary/aromatic N) is 2. The van der Waals surface area contributed by atoms with Crippen LogP contribution in [0.15, 0.2) is 6.33 Å². The highest BCUT2D eigenvalue weighted by molar-refractivity contribution is 5.16. The first-order valence-corrected chi connectivity index (χ1v) is 7.15. The Bertz CT molecular complexity index is 403. The molecule has 0 spiro atoms. The predicted molar refractivity (Wildman–Crippen MR) is 66.6 cm³/mol. The van der Waals surface area contributed by atoms with E-state index in [-0.39, 0.29) is 0 Å². The Balaban J connectivity index is 1.55. The van der Waals surface area contributed by atoms with Crippen LogP contribution in [0.3, 0.4) is 0 Å². The molecule has 0 aromatic carbocycles. The van der Waals surface area contributed by atoms with Gasteiger partial charge in [0.2, 0.25) is 0 Å². The van der Waals surface area contributed by atoms with Gasteiger partial charge >= 0.3 is 0 Å². The third-order valence-corrected chi connectivity index (χ3v) is 4.73. The number of imidazole rings is 1. The number of aromatic nitrogens is 2. The Morgan fingerprint density at radius 2 is 2.06 bits per heavy atom. The van der Waals surface area contributed by atoms with Crippen molar-refractivity contribution in [2.24, 2.45) is 17.8 Å². The van der Waals surface area contributed by atoms with Crippen LogP contribution in [0, 0.1) is 17.8 Å². The van der Waals surface area contributed by atoms with Crippen LogP contribution < -0.4 is 5.32 Å². The van der Waals surface area contributed by atoms with Gasteiger partial charge in [-0.15, -0.1) is 0 Å². The quantitative estimate of drug-likeness (QED) is 0.858. The second kappa shape index (κ2) is 3.84. The normalized spacial score (nSPS) is 24.1. The fourth-order valence-electron chi connectivity index (χ4n) is 3.41. The Hall–Kier alpha value is -0.830. The van der Waals surface area contributed by atoms with Gasteiger partial charge in [-0.2, -0.15) is 0 Å². The molecule has 3 heteroatoms. The molecule has 1 N–H and O–H groups in total. The van der Waals surface area contributed by atoms with Gasteiger partial charge in [-0.1, -0.05) is 0 Å². The number of nitrogens with one attached hydrogen (secondary N) is 1. The molecule has 1 aromatic rings. The fourth-order valence-corrected chi connectivity index (χ4v) is 3.41. The van der Waals surface area contributed by atoms with E-state index in [1.807, 2.05) is 0 Å². The minimum Gasteiger partial charge on any atom is -0.334 e. The molecule has 2 fully saturated rings.